The predicted molar refractivity (Wildman–Crippen MR) is 248 cm³/mol. The number of benzene rings is 2. The van der Waals surface area contributed by atoms with Crippen molar-refractivity contribution in [2.45, 2.75) is 110 Å². The van der Waals surface area contributed by atoms with Crippen LogP contribution in [0.5, 0.6) is 11.5 Å². The summed E-state index contributed by atoms with van der Waals surface area (Å²) in [5.74, 6) is -5.79. The molecular weight excluding hydrogens is 945 g/mol. The Morgan fingerprint density at radius 3 is 2.16 bits per heavy atom. The number of carbonyl (C=O) groups excluding carboxylic acids is 9. The number of primary amides is 1. The van der Waals surface area contributed by atoms with Gasteiger partial charge in [-0.1, -0.05) is 18.6 Å². The highest BCUT2D eigenvalue weighted by Crippen LogP contribution is 2.33. The molecule has 0 aromatic heterocycles. The number of methoxy groups -OCH3 is 1. The third-order valence-corrected chi connectivity index (χ3v) is 14.7. The second kappa shape index (κ2) is 26.8. The van der Waals surface area contributed by atoms with Gasteiger partial charge in [0.25, 0.3) is 0 Å². The van der Waals surface area contributed by atoms with Crippen molar-refractivity contribution >= 4 is 74.9 Å². The number of phenols is 1. The molecule has 2 aromatic rings. The standard InChI is InChI=1S/C43H60N10O14S2/c1-24(48-42(62)33(20-35(56)53-64)69(65,66)28-16-14-27(67-2)15-17-28)40(60)50-30(19-25-10-12-26(54)13-11-25)41(61)47-21-36(57)46-22-37(58)49-29(39(44)59)7-5-6-18-45-34(55)9-4-3-8-32-38-31(23-68-32)51-43(63)52-38/h10-17,24,29-33,38,54,64H,3-9,18-23H2,1-2H3,(H2,44,59)(H,45,55)(H,46,57)(H,47,61)(H,48,62)(H,49,58)(H,50,60)(H,53,56)(H2,51,52,63)/t24-,29-,30-,31-,32-,33?,38-/m0/s1. The molecule has 2 aromatic carbocycles. The summed E-state index contributed by atoms with van der Waals surface area (Å²) < 4.78 is 32.0. The summed E-state index contributed by atoms with van der Waals surface area (Å²) in [6.45, 7) is 0.253. The van der Waals surface area contributed by atoms with Crippen molar-refractivity contribution in [1.82, 2.24) is 48.0 Å². The monoisotopic (exact) mass is 1000 g/mol. The molecule has 0 saturated carbocycles. The van der Waals surface area contributed by atoms with Gasteiger partial charge in [-0.05, 0) is 81.0 Å². The van der Waals surface area contributed by atoms with Gasteiger partial charge in [0, 0.05) is 30.4 Å². The number of nitrogens with one attached hydrogen (secondary N) is 9. The normalized spacial score (nSPS) is 17.8. The van der Waals surface area contributed by atoms with E-state index in [0.717, 1.165) is 30.7 Å². The molecule has 2 aliphatic heterocycles. The molecule has 13 N–H and O–H groups in total. The highest BCUT2D eigenvalue weighted by Gasteiger charge is 2.42. The van der Waals surface area contributed by atoms with Crippen LogP contribution in [0.2, 0.25) is 0 Å². The summed E-state index contributed by atoms with van der Waals surface area (Å²) in [6.07, 6.45) is 2.66. The second-order valence-corrected chi connectivity index (χ2v) is 19.7. The molecule has 0 spiro atoms. The van der Waals surface area contributed by atoms with E-state index in [-0.39, 0.29) is 47.5 Å². The van der Waals surface area contributed by atoms with Crippen molar-refractivity contribution in [2.75, 3.05) is 32.5 Å². The van der Waals surface area contributed by atoms with E-state index in [1.807, 2.05) is 11.8 Å². The lowest BCUT2D eigenvalue weighted by atomic mass is 10.0. The number of hydrogen-bond acceptors (Lipinski definition) is 15. The summed E-state index contributed by atoms with van der Waals surface area (Å²) in [5, 5.41) is 37.5. The minimum absolute atomic E-state index is 0.0890. The number of hydroxylamine groups is 1. The summed E-state index contributed by atoms with van der Waals surface area (Å²) in [6, 6.07) is 6.62. The number of fused-ring (bicyclic) bond motifs is 1. The number of thioether (sulfide) groups is 1. The van der Waals surface area contributed by atoms with Gasteiger partial charge in [-0.2, -0.15) is 11.8 Å². The molecule has 2 heterocycles. The van der Waals surface area contributed by atoms with Crippen LogP contribution in [-0.2, 0) is 54.6 Å². The average Bonchev–Trinajstić information content (AvgIpc) is 3.88. The minimum atomic E-state index is -4.59. The fraction of sp³-hybridized carbons (Fsp3) is 0.512. The number of unbranched alkanes of at least 4 members (excludes halogenated alkanes) is 2. The average molecular weight is 1010 g/mol. The van der Waals surface area contributed by atoms with Gasteiger partial charge < -0.3 is 58.1 Å². The molecule has 4 rings (SSSR count). The largest absolute Gasteiger partial charge is 0.508 e. The van der Waals surface area contributed by atoms with Gasteiger partial charge in [0.05, 0.1) is 43.6 Å². The first-order valence-corrected chi connectivity index (χ1v) is 24.7. The van der Waals surface area contributed by atoms with Gasteiger partial charge in [0.1, 0.15) is 29.6 Å². The Kier molecular flexibility index (Phi) is 21.3. The lowest BCUT2D eigenvalue weighted by Crippen LogP contribution is -2.56. The molecule has 378 valence electrons. The molecule has 69 heavy (non-hydrogen) atoms. The molecule has 0 bridgehead atoms. The number of nitrogens with two attached hydrogens (primary N) is 1. The van der Waals surface area contributed by atoms with E-state index in [1.54, 1.807) is 0 Å². The Balaban J connectivity index is 1.21. The van der Waals surface area contributed by atoms with E-state index >= 15 is 0 Å². The molecule has 24 nitrogen and oxygen atoms in total. The maximum atomic E-state index is 13.5. The molecule has 0 radical (unpaired) electrons. The van der Waals surface area contributed by atoms with Crippen molar-refractivity contribution < 1.29 is 66.6 Å². The van der Waals surface area contributed by atoms with Crippen LogP contribution >= 0.6 is 11.8 Å². The van der Waals surface area contributed by atoms with Gasteiger partial charge in [0.15, 0.2) is 15.1 Å². The summed E-state index contributed by atoms with van der Waals surface area (Å²) >= 11 is 1.82. The molecule has 2 fully saturated rings. The van der Waals surface area contributed by atoms with Crippen molar-refractivity contribution in [3.8, 4) is 11.5 Å². The van der Waals surface area contributed by atoms with Crippen molar-refractivity contribution in [3.05, 3.63) is 54.1 Å². The number of phenolic OH excluding ortho intramolecular Hbond substituents is 1. The van der Waals surface area contributed by atoms with Gasteiger partial charge in [-0.3, -0.25) is 43.6 Å². The molecule has 7 atom stereocenters. The third kappa shape index (κ3) is 17.4. The third-order valence-electron chi connectivity index (χ3n) is 11.2. The molecule has 1 unspecified atom stereocenters. The van der Waals surface area contributed by atoms with Gasteiger partial charge in [-0.25, -0.2) is 18.7 Å². The Morgan fingerprint density at radius 1 is 0.797 bits per heavy atom. The van der Waals surface area contributed by atoms with Crippen LogP contribution in [0, 0.1) is 0 Å². The van der Waals surface area contributed by atoms with Crippen LogP contribution in [0.25, 0.3) is 0 Å². The van der Waals surface area contributed by atoms with Crippen molar-refractivity contribution in [2.24, 2.45) is 5.73 Å². The highest BCUT2D eigenvalue weighted by molar-refractivity contribution is 8.00. The summed E-state index contributed by atoms with van der Waals surface area (Å²) in [5.41, 5.74) is 7.21. The topological polar surface area (TPSA) is 372 Å². The van der Waals surface area contributed by atoms with Crippen molar-refractivity contribution in [3.63, 3.8) is 0 Å². The highest BCUT2D eigenvalue weighted by atomic mass is 32.2. The van der Waals surface area contributed by atoms with E-state index in [9.17, 15) is 56.7 Å². The summed E-state index contributed by atoms with van der Waals surface area (Å²) in [7, 11) is -3.24. The van der Waals surface area contributed by atoms with Crippen LogP contribution < -0.4 is 58.5 Å². The first-order valence-electron chi connectivity index (χ1n) is 22.1. The van der Waals surface area contributed by atoms with Gasteiger partial charge >= 0.3 is 6.03 Å². The van der Waals surface area contributed by atoms with Gasteiger partial charge in [0.2, 0.25) is 47.3 Å². The smallest absolute Gasteiger partial charge is 0.315 e. The van der Waals surface area contributed by atoms with E-state index in [1.165, 1.54) is 55.9 Å². The van der Waals surface area contributed by atoms with Crippen LogP contribution in [0.15, 0.2) is 53.4 Å². The van der Waals surface area contributed by atoms with Crippen LogP contribution in [0.1, 0.15) is 63.9 Å². The van der Waals surface area contributed by atoms with E-state index in [0.29, 0.717) is 48.8 Å². The van der Waals surface area contributed by atoms with Crippen LogP contribution in [0.3, 0.4) is 0 Å². The molecule has 0 aliphatic carbocycles. The lowest BCUT2D eigenvalue weighted by molar-refractivity contribution is -0.133. The predicted octanol–water partition coefficient (Wildman–Crippen LogP) is -2.11. The zero-order valence-corrected chi connectivity index (χ0v) is 39.7. The zero-order chi connectivity index (χ0) is 50.7. The van der Waals surface area contributed by atoms with Crippen molar-refractivity contribution in [1.29, 1.82) is 0 Å². The minimum Gasteiger partial charge on any atom is -0.508 e. The number of ether oxygens (including phenoxy) is 1. The van der Waals surface area contributed by atoms with Crippen LogP contribution in [-0.4, -0.2) is 145 Å². The quantitative estimate of drug-likeness (QED) is 0.0188. The SMILES string of the molecule is COc1ccc(S(=O)(=O)C(CC(=O)NO)C(=O)N[C@@H](C)C(=O)N[C@@H](Cc2ccc(O)cc2)C(=O)NCC(=O)NCC(=O)N[C@@H](CCCCNC(=O)CCCC[C@@H]2SC[C@@H]3NC(=O)N[C@@H]32)C(N)=O)cc1. The summed E-state index contributed by atoms with van der Waals surface area (Å²) in [4.78, 5) is 113. The molecular formula is C43H60N10O14S2. The zero-order valence-electron chi connectivity index (χ0n) is 38.0. The first kappa shape index (κ1) is 54.9. The van der Waals surface area contributed by atoms with E-state index in [4.69, 9.17) is 15.7 Å². The fourth-order valence-corrected chi connectivity index (χ4v) is 10.5. The van der Waals surface area contributed by atoms with E-state index < -0.39 is 94.1 Å². The number of rotatable bonds is 28. The number of aromatic hydroxyl groups is 1. The fourth-order valence-electron chi connectivity index (χ4n) is 7.36. The Hall–Kier alpha value is -6.67. The lowest BCUT2D eigenvalue weighted by Gasteiger charge is -2.23. The second-order valence-electron chi connectivity index (χ2n) is 16.3. The van der Waals surface area contributed by atoms with Gasteiger partial charge in [-0.15, -0.1) is 0 Å². The maximum Gasteiger partial charge on any atom is 0.315 e. The molecule has 2 saturated heterocycles. The number of urea groups is 1. The first-order chi connectivity index (χ1) is 32.8. The number of sulfone groups is 1. The molecule has 10 amide bonds. The van der Waals surface area contributed by atoms with Crippen LogP contribution in [0.4, 0.5) is 4.79 Å². The van der Waals surface area contributed by atoms with E-state index in [2.05, 4.69) is 42.5 Å². The Labute approximate surface area is 402 Å². The molecule has 26 heteroatoms. The Bertz CT molecular complexity index is 2270. The number of hydrogen-bond donors (Lipinski definition) is 12. The number of carbonyl (C=O) groups is 9. The Morgan fingerprint density at radius 2 is 1.49 bits per heavy atom. The maximum absolute atomic E-state index is 13.5. The number of amides is 10. The molecule has 2 aliphatic rings.